The first-order valence-electron chi connectivity index (χ1n) is 4.97. The molecule has 0 heterocycles. The molecule has 76 valence electrons. The van der Waals surface area contributed by atoms with Gasteiger partial charge >= 0.3 is 0 Å². The summed E-state index contributed by atoms with van der Waals surface area (Å²) in [6.07, 6.45) is 4.46. The topological polar surface area (TPSA) is 40.5 Å². The second-order valence-electron chi connectivity index (χ2n) is 4.76. The second kappa shape index (κ2) is 3.81. The van der Waals surface area contributed by atoms with Crippen molar-refractivity contribution in [3.63, 3.8) is 0 Å². The van der Waals surface area contributed by atoms with Crippen molar-refractivity contribution >= 4 is 0 Å². The molecular formula is C11H20O2. The Morgan fingerprint density at radius 1 is 1.54 bits per heavy atom. The average Bonchev–Trinajstić information content (AvgIpc) is 2.03. The first kappa shape index (κ1) is 10.7. The van der Waals surface area contributed by atoms with Gasteiger partial charge in [-0.1, -0.05) is 32.9 Å². The van der Waals surface area contributed by atoms with Crippen LogP contribution in [-0.4, -0.2) is 22.9 Å². The smallest absolute Gasteiger partial charge is 0.0614 e. The Kier molecular flexibility index (Phi) is 3.14. The van der Waals surface area contributed by atoms with Gasteiger partial charge in [0.2, 0.25) is 0 Å². The van der Waals surface area contributed by atoms with E-state index < -0.39 is 0 Å². The van der Waals surface area contributed by atoms with Crippen molar-refractivity contribution in [2.45, 2.75) is 33.3 Å². The lowest BCUT2D eigenvalue weighted by Gasteiger charge is -2.36. The average molecular weight is 184 g/mol. The Hall–Kier alpha value is -0.340. The van der Waals surface area contributed by atoms with E-state index in [1.807, 2.05) is 13.0 Å². The summed E-state index contributed by atoms with van der Waals surface area (Å²) in [5.41, 5.74) is -0.217. The zero-order valence-electron chi connectivity index (χ0n) is 8.70. The highest BCUT2D eigenvalue weighted by Gasteiger charge is 2.33. The van der Waals surface area contributed by atoms with Gasteiger partial charge in [0.25, 0.3) is 0 Å². The second-order valence-corrected chi connectivity index (χ2v) is 4.76. The van der Waals surface area contributed by atoms with E-state index in [0.29, 0.717) is 12.3 Å². The van der Waals surface area contributed by atoms with Crippen LogP contribution in [0.3, 0.4) is 0 Å². The third kappa shape index (κ3) is 2.32. The van der Waals surface area contributed by atoms with Gasteiger partial charge in [0.15, 0.2) is 0 Å². The predicted molar refractivity (Wildman–Crippen MR) is 53.3 cm³/mol. The van der Waals surface area contributed by atoms with Crippen molar-refractivity contribution in [3.05, 3.63) is 12.2 Å². The molecule has 3 unspecified atom stereocenters. The number of aliphatic hydroxyl groups excluding tert-OH is 2. The van der Waals surface area contributed by atoms with Gasteiger partial charge < -0.3 is 10.2 Å². The van der Waals surface area contributed by atoms with Gasteiger partial charge in [-0.3, -0.25) is 0 Å². The number of hydrogen-bond acceptors (Lipinski definition) is 2. The van der Waals surface area contributed by atoms with Crippen molar-refractivity contribution in [3.8, 4) is 0 Å². The first-order valence-corrected chi connectivity index (χ1v) is 4.97. The molecule has 0 aromatic carbocycles. The Labute approximate surface area is 80.3 Å². The molecule has 1 aliphatic rings. The van der Waals surface area contributed by atoms with Gasteiger partial charge in [0, 0.05) is 11.3 Å². The highest BCUT2D eigenvalue weighted by atomic mass is 16.3. The lowest BCUT2D eigenvalue weighted by Crippen LogP contribution is -2.35. The van der Waals surface area contributed by atoms with Crippen LogP contribution in [0, 0.1) is 17.3 Å². The number of rotatable bonds is 2. The fourth-order valence-corrected chi connectivity index (χ4v) is 1.94. The molecule has 1 rings (SSSR count). The highest BCUT2D eigenvalue weighted by molar-refractivity contribution is 5.08. The van der Waals surface area contributed by atoms with Crippen LogP contribution in [0.15, 0.2) is 12.2 Å². The summed E-state index contributed by atoms with van der Waals surface area (Å²) in [5, 5.41) is 19.0. The van der Waals surface area contributed by atoms with Crippen LogP contribution in [0.4, 0.5) is 0 Å². The van der Waals surface area contributed by atoms with Gasteiger partial charge in [0.1, 0.15) is 0 Å². The van der Waals surface area contributed by atoms with E-state index >= 15 is 0 Å². The standard InChI is InChI=1S/C11H20O2/c1-8(2)9-4-5-11(3,7-12)6-10(9)13/h4-5,8-10,12-13H,6-7H2,1-3H3. The zero-order valence-corrected chi connectivity index (χ0v) is 8.70. The van der Waals surface area contributed by atoms with E-state index in [1.54, 1.807) is 0 Å². The lowest BCUT2D eigenvalue weighted by molar-refractivity contribution is 0.0374. The minimum Gasteiger partial charge on any atom is -0.395 e. The van der Waals surface area contributed by atoms with Crippen molar-refractivity contribution in [2.24, 2.45) is 17.3 Å². The summed E-state index contributed by atoms with van der Waals surface area (Å²) in [6.45, 7) is 6.31. The Morgan fingerprint density at radius 3 is 2.54 bits per heavy atom. The number of aliphatic hydroxyl groups is 2. The molecule has 0 bridgehead atoms. The molecular weight excluding hydrogens is 164 g/mol. The summed E-state index contributed by atoms with van der Waals surface area (Å²) in [5.74, 6) is 0.717. The normalized spacial score (nSPS) is 39.8. The van der Waals surface area contributed by atoms with Crippen molar-refractivity contribution in [1.82, 2.24) is 0 Å². The van der Waals surface area contributed by atoms with E-state index in [-0.39, 0.29) is 24.0 Å². The highest BCUT2D eigenvalue weighted by Crippen LogP contribution is 2.35. The van der Waals surface area contributed by atoms with Gasteiger partial charge in [0.05, 0.1) is 12.7 Å². The molecule has 0 amide bonds. The Balaban J connectivity index is 2.74. The van der Waals surface area contributed by atoms with Gasteiger partial charge in [-0.05, 0) is 12.3 Å². The largest absolute Gasteiger partial charge is 0.395 e. The van der Waals surface area contributed by atoms with E-state index in [4.69, 9.17) is 5.11 Å². The van der Waals surface area contributed by atoms with E-state index in [2.05, 4.69) is 19.9 Å². The number of hydrogen-bond donors (Lipinski definition) is 2. The maximum Gasteiger partial charge on any atom is 0.0614 e. The fourth-order valence-electron chi connectivity index (χ4n) is 1.94. The van der Waals surface area contributed by atoms with Crippen LogP contribution in [-0.2, 0) is 0 Å². The minimum atomic E-state index is -0.304. The molecule has 0 spiro atoms. The molecule has 0 fully saturated rings. The van der Waals surface area contributed by atoms with Crippen LogP contribution in [0.5, 0.6) is 0 Å². The third-order valence-electron chi connectivity index (χ3n) is 2.97. The Morgan fingerprint density at radius 2 is 2.15 bits per heavy atom. The van der Waals surface area contributed by atoms with Crippen LogP contribution < -0.4 is 0 Å². The molecule has 1 aliphatic carbocycles. The molecule has 2 nitrogen and oxygen atoms in total. The predicted octanol–water partition coefficient (Wildman–Crippen LogP) is 1.58. The zero-order chi connectivity index (χ0) is 10.1. The molecule has 13 heavy (non-hydrogen) atoms. The molecule has 0 aliphatic heterocycles. The van der Waals surface area contributed by atoms with E-state index in [9.17, 15) is 5.11 Å². The maximum absolute atomic E-state index is 9.84. The van der Waals surface area contributed by atoms with Gasteiger partial charge in [-0.2, -0.15) is 0 Å². The Bertz CT molecular complexity index is 198. The molecule has 0 radical (unpaired) electrons. The maximum atomic E-state index is 9.84. The molecule has 0 saturated heterocycles. The van der Waals surface area contributed by atoms with Crippen molar-refractivity contribution in [2.75, 3.05) is 6.61 Å². The van der Waals surface area contributed by atoms with Crippen molar-refractivity contribution in [1.29, 1.82) is 0 Å². The van der Waals surface area contributed by atoms with Crippen molar-refractivity contribution < 1.29 is 10.2 Å². The summed E-state index contributed by atoms with van der Waals surface area (Å²) in [4.78, 5) is 0. The summed E-state index contributed by atoms with van der Waals surface area (Å²) in [7, 11) is 0. The van der Waals surface area contributed by atoms with Gasteiger partial charge in [-0.25, -0.2) is 0 Å². The fraction of sp³-hybridized carbons (Fsp3) is 0.818. The minimum absolute atomic E-state index is 0.116. The molecule has 2 N–H and O–H groups in total. The van der Waals surface area contributed by atoms with Crippen LogP contribution in [0.1, 0.15) is 27.2 Å². The SMILES string of the molecule is CC(C)C1C=CC(C)(CO)CC1O. The summed E-state index contributed by atoms with van der Waals surface area (Å²) >= 11 is 0. The third-order valence-corrected chi connectivity index (χ3v) is 2.97. The van der Waals surface area contributed by atoms with Crippen LogP contribution in [0.2, 0.25) is 0 Å². The van der Waals surface area contributed by atoms with Gasteiger partial charge in [-0.15, -0.1) is 0 Å². The monoisotopic (exact) mass is 184 g/mol. The summed E-state index contributed by atoms with van der Waals surface area (Å²) in [6, 6.07) is 0. The molecule has 2 heteroatoms. The molecule has 0 saturated carbocycles. The van der Waals surface area contributed by atoms with Crippen LogP contribution in [0.25, 0.3) is 0 Å². The first-order chi connectivity index (χ1) is 5.98. The van der Waals surface area contributed by atoms with Crippen LogP contribution >= 0.6 is 0 Å². The summed E-state index contributed by atoms with van der Waals surface area (Å²) < 4.78 is 0. The lowest BCUT2D eigenvalue weighted by atomic mass is 9.73. The molecule has 0 aromatic rings. The van der Waals surface area contributed by atoms with E-state index in [1.165, 1.54) is 0 Å². The molecule has 3 atom stereocenters. The van der Waals surface area contributed by atoms with E-state index in [0.717, 1.165) is 0 Å². The molecule has 0 aromatic heterocycles. The quantitative estimate of drug-likeness (QED) is 0.640.